The van der Waals surface area contributed by atoms with E-state index in [1.807, 2.05) is 17.4 Å². The van der Waals surface area contributed by atoms with Gasteiger partial charge in [-0.3, -0.25) is 0 Å². The van der Waals surface area contributed by atoms with Gasteiger partial charge in [-0.05, 0) is 23.6 Å². The maximum atomic E-state index is 5.51. The van der Waals surface area contributed by atoms with Gasteiger partial charge in [0.2, 0.25) is 0 Å². The molecule has 0 aliphatic carbocycles. The molecule has 1 fully saturated rings. The predicted molar refractivity (Wildman–Crippen MR) is 108 cm³/mol. The van der Waals surface area contributed by atoms with Crippen LogP contribution in [0.25, 0.3) is 20.9 Å². The Morgan fingerprint density at radius 3 is 2.56 bits per heavy atom. The lowest BCUT2D eigenvalue weighted by molar-refractivity contribution is -1.02. The maximum Gasteiger partial charge on any atom is 0.177 e. The lowest BCUT2D eigenvalue weighted by Crippen LogP contribution is -3.27. The van der Waals surface area contributed by atoms with Crippen LogP contribution in [0.4, 0.5) is 0 Å². The summed E-state index contributed by atoms with van der Waals surface area (Å²) in [4.78, 5) is 9.17. The van der Waals surface area contributed by atoms with Crippen molar-refractivity contribution in [2.24, 2.45) is 0 Å². The van der Waals surface area contributed by atoms with Crippen LogP contribution < -0.4 is 9.80 Å². The standard InChI is InChI=1S/C20H20N4OS2/c1-2-5-18-16(4-1)21-20(27-18)14-24-9-7-23(8-10-24)13-15-12-17(25-22-15)19-6-3-11-26-19/h1-6,11-12H,7-10,13-14H2/p+2. The predicted octanol–water partition coefficient (Wildman–Crippen LogP) is 1.50. The Labute approximate surface area is 165 Å². The number of quaternary nitrogens is 2. The molecule has 2 N–H and O–H groups in total. The summed E-state index contributed by atoms with van der Waals surface area (Å²) in [5, 5.41) is 7.59. The molecule has 4 heterocycles. The van der Waals surface area contributed by atoms with Crippen molar-refractivity contribution >= 4 is 32.9 Å². The Hall–Kier alpha value is -2.06. The molecule has 27 heavy (non-hydrogen) atoms. The second-order valence-corrected chi connectivity index (χ2v) is 9.15. The summed E-state index contributed by atoms with van der Waals surface area (Å²) in [5.41, 5.74) is 2.19. The van der Waals surface area contributed by atoms with E-state index in [0.29, 0.717) is 0 Å². The fourth-order valence-electron chi connectivity index (χ4n) is 3.71. The molecule has 5 nitrogen and oxygen atoms in total. The van der Waals surface area contributed by atoms with Crippen LogP contribution in [0.15, 0.2) is 52.4 Å². The Bertz CT molecular complexity index is 983. The molecule has 0 bridgehead atoms. The molecule has 1 aliphatic heterocycles. The number of fused-ring (bicyclic) bond motifs is 1. The van der Waals surface area contributed by atoms with E-state index in [0.717, 1.165) is 34.9 Å². The zero-order chi connectivity index (χ0) is 18.1. The number of para-hydroxylation sites is 1. The van der Waals surface area contributed by atoms with Gasteiger partial charge in [-0.25, -0.2) is 4.98 Å². The first-order valence-electron chi connectivity index (χ1n) is 9.34. The molecule has 7 heteroatoms. The van der Waals surface area contributed by atoms with Crippen LogP contribution in [0.3, 0.4) is 0 Å². The lowest BCUT2D eigenvalue weighted by atomic mass is 10.2. The number of benzene rings is 1. The number of nitrogens with zero attached hydrogens (tertiary/aromatic N) is 2. The molecular weight excluding hydrogens is 376 g/mol. The van der Waals surface area contributed by atoms with E-state index in [1.165, 1.54) is 35.9 Å². The van der Waals surface area contributed by atoms with E-state index >= 15 is 0 Å². The zero-order valence-electron chi connectivity index (χ0n) is 15.0. The summed E-state index contributed by atoms with van der Waals surface area (Å²) < 4.78 is 6.81. The van der Waals surface area contributed by atoms with Gasteiger partial charge in [-0.15, -0.1) is 22.7 Å². The first-order valence-corrected chi connectivity index (χ1v) is 11.0. The second-order valence-electron chi connectivity index (χ2n) is 7.09. The normalized spacial score (nSPS) is 20.3. The van der Waals surface area contributed by atoms with Crippen LogP contribution in [-0.4, -0.2) is 36.3 Å². The molecule has 0 radical (unpaired) electrons. The molecule has 0 saturated carbocycles. The first-order chi connectivity index (χ1) is 13.3. The van der Waals surface area contributed by atoms with E-state index in [9.17, 15) is 0 Å². The van der Waals surface area contributed by atoms with Crippen molar-refractivity contribution in [1.29, 1.82) is 0 Å². The number of aromatic nitrogens is 2. The molecule has 3 aromatic heterocycles. The van der Waals surface area contributed by atoms with E-state index in [-0.39, 0.29) is 0 Å². The van der Waals surface area contributed by atoms with Gasteiger partial charge in [0, 0.05) is 6.07 Å². The van der Waals surface area contributed by atoms with Crippen molar-refractivity contribution in [2.75, 3.05) is 26.2 Å². The number of rotatable bonds is 5. The Morgan fingerprint density at radius 1 is 0.963 bits per heavy atom. The first kappa shape index (κ1) is 17.1. The van der Waals surface area contributed by atoms with Gasteiger partial charge in [0.05, 0.1) is 15.1 Å². The van der Waals surface area contributed by atoms with Crippen molar-refractivity contribution in [2.45, 2.75) is 13.1 Å². The molecule has 1 aromatic carbocycles. The van der Waals surface area contributed by atoms with Crippen molar-refractivity contribution < 1.29 is 14.3 Å². The molecule has 0 spiro atoms. The summed E-state index contributed by atoms with van der Waals surface area (Å²) in [6.45, 7) is 6.69. The third-order valence-electron chi connectivity index (χ3n) is 5.16. The Morgan fingerprint density at radius 2 is 1.78 bits per heavy atom. The Kier molecular flexibility index (Phi) is 4.75. The minimum atomic E-state index is 0.888. The summed E-state index contributed by atoms with van der Waals surface area (Å²) in [5.74, 6) is 0.888. The summed E-state index contributed by atoms with van der Waals surface area (Å²) in [6, 6.07) is 14.6. The highest BCUT2D eigenvalue weighted by molar-refractivity contribution is 7.18. The van der Waals surface area contributed by atoms with Crippen molar-refractivity contribution in [1.82, 2.24) is 10.1 Å². The number of piperazine rings is 1. The van der Waals surface area contributed by atoms with Crippen LogP contribution >= 0.6 is 22.7 Å². The number of hydrogen-bond donors (Lipinski definition) is 2. The average Bonchev–Trinajstić information content (AvgIpc) is 3.43. The Balaban J connectivity index is 1.16. The molecule has 4 aromatic rings. The summed E-state index contributed by atoms with van der Waals surface area (Å²) in [7, 11) is 0. The minimum absolute atomic E-state index is 0.888. The van der Waals surface area contributed by atoms with Gasteiger partial charge >= 0.3 is 0 Å². The van der Waals surface area contributed by atoms with E-state index < -0.39 is 0 Å². The van der Waals surface area contributed by atoms with Gasteiger partial charge in [0.25, 0.3) is 0 Å². The van der Waals surface area contributed by atoms with Crippen molar-refractivity contribution in [3.05, 3.63) is 58.5 Å². The molecule has 0 atom stereocenters. The zero-order valence-corrected chi connectivity index (χ0v) is 16.6. The van der Waals surface area contributed by atoms with E-state index in [2.05, 4.69) is 46.9 Å². The SMILES string of the molecule is c1csc(-c2cc(C[NH+]3CC[NH+](Cc4nc5ccccc5s4)CC3)no2)c1. The highest BCUT2D eigenvalue weighted by Crippen LogP contribution is 2.25. The highest BCUT2D eigenvalue weighted by Gasteiger charge is 2.25. The smallest absolute Gasteiger partial charge is 0.177 e. The molecule has 138 valence electrons. The largest absolute Gasteiger partial charge is 0.355 e. The van der Waals surface area contributed by atoms with Gasteiger partial charge in [0.15, 0.2) is 5.76 Å². The van der Waals surface area contributed by atoms with Crippen molar-refractivity contribution in [3.8, 4) is 10.6 Å². The van der Waals surface area contributed by atoms with Crippen LogP contribution in [0, 0.1) is 0 Å². The third kappa shape index (κ3) is 3.82. The van der Waals surface area contributed by atoms with Crippen LogP contribution in [0.1, 0.15) is 10.7 Å². The van der Waals surface area contributed by atoms with Crippen LogP contribution in [0.5, 0.6) is 0 Å². The number of thiazole rings is 1. The molecule has 1 saturated heterocycles. The molecule has 0 unspecified atom stereocenters. The number of nitrogens with one attached hydrogen (secondary N) is 2. The highest BCUT2D eigenvalue weighted by atomic mass is 32.1. The summed E-state index contributed by atoms with van der Waals surface area (Å²) >= 11 is 3.52. The summed E-state index contributed by atoms with van der Waals surface area (Å²) in [6.07, 6.45) is 0. The minimum Gasteiger partial charge on any atom is -0.355 e. The average molecular weight is 399 g/mol. The van der Waals surface area contributed by atoms with Crippen molar-refractivity contribution in [3.63, 3.8) is 0 Å². The number of hydrogen-bond acceptors (Lipinski definition) is 5. The van der Waals surface area contributed by atoms with Gasteiger partial charge < -0.3 is 14.3 Å². The van der Waals surface area contributed by atoms with Gasteiger partial charge in [-0.2, -0.15) is 0 Å². The monoisotopic (exact) mass is 398 g/mol. The number of thiophene rings is 1. The molecule has 5 rings (SSSR count). The molecule has 0 amide bonds. The molecular formula is C20H22N4OS2+2. The van der Waals surface area contributed by atoms with Crippen LogP contribution in [0.2, 0.25) is 0 Å². The lowest BCUT2D eigenvalue weighted by Gasteiger charge is -2.28. The van der Waals surface area contributed by atoms with E-state index in [4.69, 9.17) is 9.51 Å². The van der Waals surface area contributed by atoms with Gasteiger partial charge in [-0.1, -0.05) is 23.4 Å². The maximum absolute atomic E-state index is 5.51. The fraction of sp³-hybridized carbons (Fsp3) is 0.300. The van der Waals surface area contributed by atoms with E-state index in [1.54, 1.807) is 21.1 Å². The van der Waals surface area contributed by atoms with Crippen LogP contribution in [-0.2, 0) is 13.1 Å². The topological polar surface area (TPSA) is 47.8 Å². The second kappa shape index (κ2) is 7.52. The fourth-order valence-corrected chi connectivity index (χ4v) is 5.42. The third-order valence-corrected chi connectivity index (χ3v) is 7.08. The van der Waals surface area contributed by atoms with Gasteiger partial charge in [0.1, 0.15) is 50.0 Å². The molecule has 1 aliphatic rings. The quantitative estimate of drug-likeness (QED) is 0.536.